The Morgan fingerprint density at radius 1 is 1.28 bits per heavy atom. The molecule has 8 heteroatoms. The van der Waals surface area contributed by atoms with E-state index in [1.165, 1.54) is 11.8 Å². The van der Waals surface area contributed by atoms with Crippen LogP contribution < -0.4 is 5.56 Å². The Balaban J connectivity index is 1.55. The number of aromatic nitrogens is 3. The average molecular weight is 456 g/mol. The molecule has 1 aliphatic heterocycles. The predicted molar refractivity (Wildman–Crippen MR) is 126 cm³/mol. The van der Waals surface area contributed by atoms with Gasteiger partial charge in [-0.1, -0.05) is 23.9 Å². The number of carbonyl (C=O) groups is 1. The highest BCUT2D eigenvalue weighted by atomic mass is 32.2. The normalized spacial score (nSPS) is 16.2. The molecule has 0 N–H and O–H groups in total. The molecule has 1 fully saturated rings. The Morgan fingerprint density at radius 2 is 2.09 bits per heavy atom. The first-order valence-electron chi connectivity index (χ1n) is 10.9. The summed E-state index contributed by atoms with van der Waals surface area (Å²) in [5.41, 5.74) is 3.27. The quantitative estimate of drug-likeness (QED) is 0.279. The van der Waals surface area contributed by atoms with E-state index in [4.69, 9.17) is 9.47 Å². The monoisotopic (exact) mass is 455 g/mol. The first-order chi connectivity index (χ1) is 15.5. The summed E-state index contributed by atoms with van der Waals surface area (Å²) < 4.78 is 14.7. The number of Topliss-reactive ketones (excluding diaryl/α,β-unsaturated/α-hetero) is 1. The summed E-state index contributed by atoms with van der Waals surface area (Å²) in [6.45, 7) is 6.39. The van der Waals surface area contributed by atoms with Crippen LogP contribution >= 0.6 is 11.8 Å². The number of thioether (sulfide) groups is 1. The minimum atomic E-state index is -0.114. The van der Waals surface area contributed by atoms with Gasteiger partial charge in [-0.25, -0.2) is 4.98 Å². The number of carbonyl (C=O) groups excluding carboxylic acids is 1. The second-order valence-corrected chi connectivity index (χ2v) is 9.05. The standard InChI is InChI=1S/C24H29N3O4S/c1-16-13-20(17(2)27(16)14-18-7-6-11-31-18)22(28)15-32-24-25-21-9-5-4-8-19(21)23(29)26(24)10-12-30-3/h4-5,8-9,13,18H,6-7,10-12,14-15H2,1-3H3/t18-/m0/s1. The van der Waals surface area contributed by atoms with Crippen LogP contribution in [-0.2, 0) is 22.6 Å². The van der Waals surface area contributed by atoms with Crippen molar-refractivity contribution in [2.75, 3.05) is 26.1 Å². The Morgan fingerprint density at radius 3 is 2.84 bits per heavy atom. The van der Waals surface area contributed by atoms with E-state index in [1.54, 1.807) is 17.7 Å². The fourth-order valence-corrected chi connectivity index (χ4v) is 5.11. The largest absolute Gasteiger partial charge is 0.383 e. The molecule has 170 valence electrons. The third-order valence-corrected chi connectivity index (χ3v) is 6.94. The van der Waals surface area contributed by atoms with Crippen molar-refractivity contribution in [2.45, 2.75) is 51.0 Å². The smallest absolute Gasteiger partial charge is 0.262 e. The lowest BCUT2D eigenvalue weighted by atomic mass is 10.2. The van der Waals surface area contributed by atoms with Crippen molar-refractivity contribution in [3.05, 3.63) is 57.6 Å². The lowest BCUT2D eigenvalue weighted by Gasteiger charge is -2.15. The summed E-state index contributed by atoms with van der Waals surface area (Å²) in [5.74, 6) is 0.240. The minimum absolute atomic E-state index is 0.0300. The Hall–Kier alpha value is -2.42. The third kappa shape index (κ3) is 4.67. The topological polar surface area (TPSA) is 75.3 Å². The number of ketones is 1. The molecule has 0 bridgehead atoms. The molecule has 7 nitrogen and oxygen atoms in total. The summed E-state index contributed by atoms with van der Waals surface area (Å²) >= 11 is 1.30. The number of ether oxygens (including phenoxy) is 2. The fraction of sp³-hybridized carbons (Fsp3) is 0.458. The molecular formula is C24H29N3O4S. The molecule has 0 saturated carbocycles. The molecule has 2 aromatic heterocycles. The van der Waals surface area contributed by atoms with Crippen LogP contribution in [0.1, 0.15) is 34.6 Å². The number of para-hydroxylation sites is 1. The number of methoxy groups -OCH3 is 1. The Kier molecular flexibility index (Phi) is 7.13. The van der Waals surface area contributed by atoms with Gasteiger partial charge in [-0.05, 0) is 44.9 Å². The number of hydrogen-bond acceptors (Lipinski definition) is 6. The fourth-order valence-electron chi connectivity index (χ4n) is 4.20. The van der Waals surface area contributed by atoms with Crippen LogP contribution in [0.3, 0.4) is 0 Å². The third-order valence-electron chi connectivity index (χ3n) is 5.96. The van der Waals surface area contributed by atoms with Crippen molar-refractivity contribution in [3.8, 4) is 0 Å². The first kappa shape index (κ1) is 22.8. The summed E-state index contributed by atoms with van der Waals surface area (Å²) in [5, 5.41) is 1.10. The number of aryl methyl sites for hydroxylation is 1. The number of hydrogen-bond donors (Lipinski definition) is 0. The highest BCUT2D eigenvalue weighted by molar-refractivity contribution is 7.99. The molecule has 3 aromatic rings. The van der Waals surface area contributed by atoms with E-state index in [9.17, 15) is 9.59 Å². The van der Waals surface area contributed by atoms with Gasteiger partial charge in [-0.3, -0.25) is 14.2 Å². The maximum atomic E-state index is 13.1. The molecule has 1 aromatic carbocycles. The molecule has 3 heterocycles. The van der Waals surface area contributed by atoms with Gasteiger partial charge >= 0.3 is 0 Å². The lowest BCUT2D eigenvalue weighted by molar-refractivity contribution is 0.0957. The van der Waals surface area contributed by atoms with Crippen molar-refractivity contribution in [3.63, 3.8) is 0 Å². The van der Waals surface area contributed by atoms with Crippen molar-refractivity contribution in [1.82, 2.24) is 14.1 Å². The molecule has 1 saturated heterocycles. The maximum Gasteiger partial charge on any atom is 0.262 e. The Labute approximate surface area is 191 Å². The summed E-state index contributed by atoms with van der Waals surface area (Å²) in [6, 6.07) is 9.24. The number of benzene rings is 1. The van der Waals surface area contributed by atoms with E-state index in [1.807, 2.05) is 38.1 Å². The van der Waals surface area contributed by atoms with Crippen LogP contribution in [0, 0.1) is 13.8 Å². The number of rotatable bonds is 9. The molecule has 0 radical (unpaired) electrons. The second kappa shape index (κ2) is 10.0. The maximum absolute atomic E-state index is 13.1. The number of nitrogens with zero attached hydrogens (tertiary/aromatic N) is 3. The van der Waals surface area contributed by atoms with E-state index in [-0.39, 0.29) is 23.2 Å². The molecule has 1 aliphatic rings. The van der Waals surface area contributed by atoms with E-state index < -0.39 is 0 Å². The van der Waals surface area contributed by atoms with Gasteiger partial charge in [0.05, 0.1) is 35.9 Å². The molecule has 0 amide bonds. The van der Waals surface area contributed by atoms with Gasteiger partial charge < -0.3 is 14.0 Å². The SMILES string of the molecule is COCCn1c(SCC(=O)c2cc(C)n(C[C@@H]3CCCO3)c2C)nc2ccccc2c1=O. The van der Waals surface area contributed by atoms with Crippen molar-refractivity contribution in [2.24, 2.45) is 0 Å². The van der Waals surface area contributed by atoms with Gasteiger partial charge in [0.1, 0.15) is 0 Å². The molecule has 0 unspecified atom stereocenters. The molecule has 0 spiro atoms. The van der Waals surface area contributed by atoms with Gasteiger partial charge in [-0.2, -0.15) is 0 Å². The highest BCUT2D eigenvalue weighted by Crippen LogP contribution is 2.24. The van der Waals surface area contributed by atoms with E-state index in [2.05, 4.69) is 9.55 Å². The minimum Gasteiger partial charge on any atom is -0.383 e. The summed E-state index contributed by atoms with van der Waals surface area (Å²) in [4.78, 5) is 30.8. The highest BCUT2D eigenvalue weighted by Gasteiger charge is 2.22. The zero-order valence-corrected chi connectivity index (χ0v) is 19.6. The van der Waals surface area contributed by atoms with Gasteiger partial charge in [0, 0.05) is 37.2 Å². The lowest BCUT2D eigenvalue weighted by Crippen LogP contribution is -2.25. The number of fused-ring (bicyclic) bond motifs is 1. The summed E-state index contributed by atoms with van der Waals surface area (Å²) in [6.07, 6.45) is 2.37. The van der Waals surface area contributed by atoms with Crippen LogP contribution in [0.4, 0.5) is 0 Å². The zero-order chi connectivity index (χ0) is 22.7. The van der Waals surface area contributed by atoms with Crippen LogP contribution in [0.5, 0.6) is 0 Å². The van der Waals surface area contributed by atoms with Gasteiger partial charge in [0.25, 0.3) is 5.56 Å². The molecule has 1 atom stereocenters. The van der Waals surface area contributed by atoms with Crippen LogP contribution in [0.2, 0.25) is 0 Å². The van der Waals surface area contributed by atoms with Crippen LogP contribution in [-0.4, -0.2) is 52.1 Å². The van der Waals surface area contributed by atoms with E-state index >= 15 is 0 Å². The van der Waals surface area contributed by atoms with Crippen LogP contribution in [0.25, 0.3) is 10.9 Å². The molecular weight excluding hydrogens is 426 g/mol. The van der Waals surface area contributed by atoms with Crippen molar-refractivity contribution >= 4 is 28.4 Å². The first-order valence-corrected chi connectivity index (χ1v) is 11.9. The van der Waals surface area contributed by atoms with Crippen molar-refractivity contribution < 1.29 is 14.3 Å². The molecule has 32 heavy (non-hydrogen) atoms. The Bertz CT molecular complexity index is 1180. The zero-order valence-electron chi connectivity index (χ0n) is 18.8. The van der Waals surface area contributed by atoms with Gasteiger partial charge in [0.15, 0.2) is 10.9 Å². The molecule has 4 rings (SSSR count). The van der Waals surface area contributed by atoms with Crippen LogP contribution in [0.15, 0.2) is 40.3 Å². The molecule has 0 aliphatic carbocycles. The van der Waals surface area contributed by atoms with Gasteiger partial charge in [0.2, 0.25) is 0 Å². The second-order valence-electron chi connectivity index (χ2n) is 8.10. The van der Waals surface area contributed by atoms with E-state index in [0.29, 0.717) is 29.2 Å². The summed E-state index contributed by atoms with van der Waals surface area (Å²) in [7, 11) is 1.60. The predicted octanol–water partition coefficient (Wildman–Crippen LogP) is 3.62. The van der Waals surface area contributed by atoms with Gasteiger partial charge in [-0.15, -0.1) is 0 Å². The average Bonchev–Trinajstić information content (AvgIpc) is 3.41. The van der Waals surface area contributed by atoms with Crippen molar-refractivity contribution in [1.29, 1.82) is 0 Å². The van der Waals surface area contributed by atoms with E-state index in [0.717, 1.165) is 42.9 Å².